The summed E-state index contributed by atoms with van der Waals surface area (Å²) < 4.78 is 37.9. The fourth-order valence-electron chi connectivity index (χ4n) is 4.28. The molecule has 0 saturated heterocycles. The molecule has 1 amide bonds. The molecule has 2 aromatic carbocycles. The summed E-state index contributed by atoms with van der Waals surface area (Å²) in [5.74, 6) is -2.64. The average Bonchev–Trinajstić information content (AvgIpc) is 3.26. The lowest BCUT2D eigenvalue weighted by Crippen LogP contribution is -2.27. The van der Waals surface area contributed by atoms with Crippen molar-refractivity contribution in [3.8, 4) is 5.82 Å². The number of carbonyl (C=O) groups is 1. The van der Waals surface area contributed by atoms with E-state index in [2.05, 4.69) is 20.7 Å². The van der Waals surface area contributed by atoms with Gasteiger partial charge in [0.05, 0.1) is 22.9 Å². The molecular weight excluding hydrogens is 554 g/mol. The minimum atomic E-state index is -0.969. The molecule has 12 heteroatoms. The number of amides is 1. The number of hydrogen-bond acceptors (Lipinski definition) is 6. The highest BCUT2D eigenvalue weighted by atomic mass is 35.5. The number of rotatable bonds is 12. The monoisotopic (exact) mass is 584 g/mol. The van der Waals surface area contributed by atoms with Gasteiger partial charge in [0, 0.05) is 12.6 Å². The Morgan fingerprint density at radius 1 is 1.07 bits per heavy atom. The summed E-state index contributed by atoms with van der Waals surface area (Å²) in [7, 11) is 0. The average molecular weight is 585 g/mol. The normalized spacial score (nSPS) is 11.9. The van der Waals surface area contributed by atoms with Gasteiger partial charge in [-0.3, -0.25) is 9.36 Å². The lowest BCUT2D eigenvalue weighted by Gasteiger charge is -2.18. The molecule has 9 nitrogen and oxygen atoms in total. The number of para-hydroxylation sites is 1. The largest absolute Gasteiger partial charge is 0.369 e. The van der Waals surface area contributed by atoms with Crippen LogP contribution in [0.3, 0.4) is 0 Å². The lowest BCUT2D eigenvalue weighted by molar-refractivity contribution is 0.0989. The van der Waals surface area contributed by atoms with E-state index in [0.29, 0.717) is 12.4 Å². The molecule has 1 unspecified atom stereocenters. The van der Waals surface area contributed by atoms with Crippen molar-refractivity contribution in [1.29, 1.82) is 0 Å². The van der Waals surface area contributed by atoms with Gasteiger partial charge in [-0.25, -0.2) is 18.6 Å². The second-order valence-corrected chi connectivity index (χ2v) is 9.82. The van der Waals surface area contributed by atoms with E-state index >= 15 is 4.39 Å². The minimum absolute atomic E-state index is 0.00661. The third-order valence-corrected chi connectivity index (χ3v) is 6.62. The van der Waals surface area contributed by atoms with Crippen molar-refractivity contribution in [3.63, 3.8) is 0 Å². The van der Waals surface area contributed by atoms with E-state index in [4.69, 9.17) is 16.3 Å². The Morgan fingerprint density at radius 3 is 2.51 bits per heavy atom. The van der Waals surface area contributed by atoms with E-state index in [9.17, 15) is 14.0 Å². The smallest absolute Gasteiger partial charge is 0.352 e. The van der Waals surface area contributed by atoms with Gasteiger partial charge in [-0.05, 0) is 44.0 Å². The van der Waals surface area contributed by atoms with Crippen LogP contribution in [0.1, 0.15) is 55.4 Å². The topological polar surface area (TPSA) is 103 Å². The summed E-state index contributed by atoms with van der Waals surface area (Å²) in [6.07, 6.45) is 1.56. The predicted octanol–water partition coefficient (Wildman–Crippen LogP) is 5.95. The first-order valence-electron chi connectivity index (χ1n) is 13.3. The number of aromatic nitrogens is 4. The molecule has 2 heterocycles. The molecule has 4 aromatic rings. The summed E-state index contributed by atoms with van der Waals surface area (Å²) >= 11 is 6.06. The second kappa shape index (κ2) is 13.5. The number of nitrogens with one attached hydrogen (secondary N) is 2. The summed E-state index contributed by atoms with van der Waals surface area (Å²) in [5, 5.41) is 9.80. The second-order valence-electron chi connectivity index (χ2n) is 9.41. The van der Waals surface area contributed by atoms with Crippen LogP contribution in [0.25, 0.3) is 5.82 Å². The van der Waals surface area contributed by atoms with Crippen molar-refractivity contribution < 1.29 is 18.3 Å². The molecule has 0 fully saturated rings. The number of ether oxygens (including phenoxy) is 1. The Labute approximate surface area is 241 Å². The van der Waals surface area contributed by atoms with Gasteiger partial charge >= 0.3 is 5.69 Å². The van der Waals surface area contributed by atoms with E-state index in [-0.39, 0.29) is 41.3 Å². The molecule has 4 rings (SSSR count). The van der Waals surface area contributed by atoms with Gasteiger partial charge in [0.15, 0.2) is 17.5 Å². The van der Waals surface area contributed by atoms with Crippen LogP contribution in [0.15, 0.2) is 59.4 Å². The van der Waals surface area contributed by atoms with Crippen LogP contribution in [-0.4, -0.2) is 31.3 Å². The SMILES string of the molecule is CCCC(C)Nc1nc(-n2nc(COCc3ccccc3)n(CC)c2=O)c(F)cc1C(=O)Nc1c(F)cccc1Cl. The zero-order valence-electron chi connectivity index (χ0n) is 23.0. The van der Waals surface area contributed by atoms with Crippen molar-refractivity contribution in [2.75, 3.05) is 10.6 Å². The molecule has 1 atom stereocenters. The van der Waals surface area contributed by atoms with Crippen LogP contribution in [0.5, 0.6) is 0 Å². The third-order valence-electron chi connectivity index (χ3n) is 6.31. The number of carbonyl (C=O) groups excluding carboxylic acids is 1. The van der Waals surface area contributed by atoms with Gasteiger partial charge < -0.3 is 15.4 Å². The Balaban J connectivity index is 1.70. The van der Waals surface area contributed by atoms with Crippen LogP contribution in [0.4, 0.5) is 20.3 Å². The van der Waals surface area contributed by atoms with Gasteiger partial charge in [-0.1, -0.05) is 61.3 Å². The first kappa shape index (κ1) is 29.9. The molecule has 0 aliphatic carbocycles. The number of pyridine rings is 1. The molecule has 216 valence electrons. The maximum atomic E-state index is 15.5. The molecule has 2 aromatic heterocycles. The molecular formula is C29H31ClF2N6O3. The van der Waals surface area contributed by atoms with E-state index < -0.39 is 29.0 Å². The molecule has 41 heavy (non-hydrogen) atoms. The summed E-state index contributed by atoms with van der Waals surface area (Å²) in [5.41, 5.74) is -0.0928. The van der Waals surface area contributed by atoms with Crippen molar-refractivity contribution in [2.24, 2.45) is 0 Å². The molecule has 0 spiro atoms. The van der Waals surface area contributed by atoms with Crippen molar-refractivity contribution in [2.45, 2.75) is 59.4 Å². The number of halogens is 3. The summed E-state index contributed by atoms with van der Waals surface area (Å²) in [4.78, 5) is 30.7. The van der Waals surface area contributed by atoms with Gasteiger partial charge in [-0.2, -0.15) is 4.68 Å². The maximum Gasteiger partial charge on any atom is 0.352 e. The Kier molecular flexibility index (Phi) is 9.85. The highest BCUT2D eigenvalue weighted by Gasteiger charge is 2.24. The fourth-order valence-corrected chi connectivity index (χ4v) is 4.49. The molecule has 0 bridgehead atoms. The number of nitrogens with zero attached hydrogens (tertiary/aromatic N) is 4. The first-order chi connectivity index (χ1) is 19.7. The van der Waals surface area contributed by atoms with E-state index in [0.717, 1.165) is 35.2 Å². The van der Waals surface area contributed by atoms with Crippen molar-refractivity contribution in [1.82, 2.24) is 19.3 Å². The zero-order valence-corrected chi connectivity index (χ0v) is 23.7. The first-order valence-corrected chi connectivity index (χ1v) is 13.6. The molecule has 0 aliphatic rings. The quantitative estimate of drug-likeness (QED) is 0.213. The van der Waals surface area contributed by atoms with Crippen LogP contribution in [-0.2, 0) is 24.5 Å². The van der Waals surface area contributed by atoms with Gasteiger partial charge in [0.2, 0.25) is 0 Å². The predicted molar refractivity (Wildman–Crippen MR) is 154 cm³/mol. The Hall–Kier alpha value is -4.09. The maximum absolute atomic E-state index is 15.5. The third kappa shape index (κ3) is 6.98. The highest BCUT2D eigenvalue weighted by Crippen LogP contribution is 2.27. The van der Waals surface area contributed by atoms with Crippen molar-refractivity contribution >= 4 is 29.0 Å². The molecule has 0 saturated carbocycles. The zero-order chi connectivity index (χ0) is 29.5. The standard InChI is InChI=1S/C29H31ClF2N6O3/c1-4-10-18(3)33-26-20(28(39)34-25-21(30)13-9-14-22(25)31)15-23(32)27(35-26)38-29(40)37(5-2)24(36-38)17-41-16-19-11-7-6-8-12-19/h6-9,11-15,18H,4-5,10,16-17H2,1-3H3,(H,33,35)(H,34,39). The number of anilines is 2. The Bertz CT molecular complexity index is 1550. The number of benzene rings is 2. The minimum Gasteiger partial charge on any atom is -0.369 e. The molecule has 0 radical (unpaired) electrons. The van der Waals surface area contributed by atoms with Gasteiger partial charge in [0.1, 0.15) is 18.2 Å². The van der Waals surface area contributed by atoms with Gasteiger partial charge in [-0.15, -0.1) is 5.10 Å². The van der Waals surface area contributed by atoms with Gasteiger partial charge in [0.25, 0.3) is 5.91 Å². The highest BCUT2D eigenvalue weighted by molar-refractivity contribution is 6.34. The van der Waals surface area contributed by atoms with E-state index in [1.54, 1.807) is 6.92 Å². The van der Waals surface area contributed by atoms with Crippen LogP contribution < -0.4 is 16.3 Å². The summed E-state index contributed by atoms with van der Waals surface area (Å²) in [6, 6.07) is 14.3. The summed E-state index contributed by atoms with van der Waals surface area (Å²) in [6.45, 7) is 6.22. The molecule has 0 aliphatic heterocycles. The fraction of sp³-hybridized carbons (Fsp3) is 0.310. The molecule has 2 N–H and O–H groups in total. The van der Waals surface area contributed by atoms with Crippen LogP contribution in [0.2, 0.25) is 5.02 Å². The van der Waals surface area contributed by atoms with Crippen LogP contribution >= 0.6 is 11.6 Å². The Morgan fingerprint density at radius 2 is 1.83 bits per heavy atom. The van der Waals surface area contributed by atoms with Crippen LogP contribution in [0, 0.1) is 11.6 Å². The van der Waals surface area contributed by atoms with E-state index in [1.807, 2.05) is 44.2 Å². The van der Waals surface area contributed by atoms with E-state index in [1.165, 1.54) is 16.7 Å². The number of hydrogen-bond donors (Lipinski definition) is 2. The lowest BCUT2D eigenvalue weighted by atomic mass is 10.1. The van der Waals surface area contributed by atoms with Crippen molar-refractivity contribution in [3.05, 3.63) is 98.7 Å².